The van der Waals surface area contributed by atoms with Gasteiger partial charge in [-0.3, -0.25) is 0 Å². The summed E-state index contributed by atoms with van der Waals surface area (Å²) in [7, 11) is 0. The summed E-state index contributed by atoms with van der Waals surface area (Å²) in [6, 6.07) is 7.65. The number of hydrogen-bond acceptors (Lipinski definition) is 3. The van der Waals surface area contributed by atoms with Crippen LogP contribution in [0.2, 0.25) is 5.02 Å². The van der Waals surface area contributed by atoms with E-state index in [0.717, 1.165) is 44.9 Å². The van der Waals surface area contributed by atoms with Crippen molar-refractivity contribution in [2.75, 3.05) is 32.7 Å². The third-order valence-electron chi connectivity index (χ3n) is 3.23. The van der Waals surface area contributed by atoms with Gasteiger partial charge in [0.25, 0.3) is 0 Å². The zero-order valence-electron chi connectivity index (χ0n) is 10.9. The first-order valence-electron chi connectivity index (χ1n) is 6.60. The van der Waals surface area contributed by atoms with Crippen LogP contribution in [0, 0.1) is 0 Å². The molecule has 1 fully saturated rings. The average molecular weight is 269 g/mol. The Morgan fingerprint density at radius 1 is 1.33 bits per heavy atom. The molecule has 0 amide bonds. The van der Waals surface area contributed by atoms with Gasteiger partial charge in [0.1, 0.15) is 5.75 Å². The lowest BCUT2D eigenvalue weighted by atomic mass is 10.2. The lowest BCUT2D eigenvalue weighted by molar-refractivity contribution is 0.167. The Hall–Kier alpha value is -0.770. The van der Waals surface area contributed by atoms with Gasteiger partial charge in [0.15, 0.2) is 0 Å². The van der Waals surface area contributed by atoms with Gasteiger partial charge in [0.2, 0.25) is 0 Å². The number of nitrogens with zero attached hydrogens (tertiary/aromatic N) is 1. The summed E-state index contributed by atoms with van der Waals surface area (Å²) in [4.78, 5) is 2.48. The number of benzene rings is 1. The number of halogens is 1. The molecular formula is C14H21ClN2O. The summed E-state index contributed by atoms with van der Waals surface area (Å²) in [6.07, 6.45) is 1.23. The van der Waals surface area contributed by atoms with Gasteiger partial charge < -0.3 is 15.0 Å². The van der Waals surface area contributed by atoms with Gasteiger partial charge in [0.05, 0.1) is 11.1 Å². The molecule has 1 saturated heterocycles. The van der Waals surface area contributed by atoms with E-state index in [1.165, 1.54) is 0 Å². The van der Waals surface area contributed by atoms with Crippen LogP contribution in [0.25, 0.3) is 0 Å². The summed E-state index contributed by atoms with van der Waals surface area (Å²) in [5.41, 5.74) is 0. The van der Waals surface area contributed by atoms with Crippen LogP contribution in [0.15, 0.2) is 24.3 Å². The van der Waals surface area contributed by atoms with E-state index >= 15 is 0 Å². The Morgan fingerprint density at radius 3 is 2.78 bits per heavy atom. The van der Waals surface area contributed by atoms with Gasteiger partial charge in [-0.05, 0) is 25.5 Å². The molecule has 3 nitrogen and oxygen atoms in total. The third-order valence-corrected chi connectivity index (χ3v) is 3.54. The normalized spacial score (nSPS) is 18.6. The van der Waals surface area contributed by atoms with Crippen molar-refractivity contribution in [2.45, 2.75) is 19.4 Å². The van der Waals surface area contributed by atoms with Crippen molar-refractivity contribution in [3.63, 3.8) is 0 Å². The van der Waals surface area contributed by atoms with Crippen LogP contribution in [0.5, 0.6) is 5.75 Å². The Balaban J connectivity index is 1.74. The van der Waals surface area contributed by atoms with Crippen LogP contribution in [0.1, 0.15) is 13.3 Å². The SMILES string of the molecule is CC(CCN1CCNCC1)Oc1ccccc1Cl. The van der Waals surface area contributed by atoms with Gasteiger partial charge in [-0.1, -0.05) is 23.7 Å². The minimum absolute atomic E-state index is 0.194. The van der Waals surface area contributed by atoms with E-state index in [4.69, 9.17) is 16.3 Å². The molecule has 1 aliphatic rings. The molecule has 1 heterocycles. The molecule has 1 atom stereocenters. The Bertz CT molecular complexity index is 367. The lowest BCUT2D eigenvalue weighted by Crippen LogP contribution is -2.44. The quantitative estimate of drug-likeness (QED) is 0.888. The summed E-state index contributed by atoms with van der Waals surface area (Å²) in [6.45, 7) is 7.66. The molecule has 0 spiro atoms. The number of hydrogen-bond donors (Lipinski definition) is 1. The van der Waals surface area contributed by atoms with Crippen molar-refractivity contribution in [3.05, 3.63) is 29.3 Å². The van der Waals surface area contributed by atoms with E-state index < -0.39 is 0 Å². The maximum atomic E-state index is 6.07. The number of para-hydroxylation sites is 1. The Labute approximate surface area is 114 Å². The number of rotatable bonds is 5. The zero-order chi connectivity index (χ0) is 12.8. The van der Waals surface area contributed by atoms with Crippen molar-refractivity contribution < 1.29 is 4.74 Å². The smallest absolute Gasteiger partial charge is 0.138 e. The molecule has 0 aliphatic carbocycles. The molecule has 1 unspecified atom stereocenters. The third kappa shape index (κ3) is 4.16. The largest absolute Gasteiger partial charge is 0.489 e. The second-order valence-corrected chi connectivity index (χ2v) is 5.15. The monoisotopic (exact) mass is 268 g/mol. The van der Waals surface area contributed by atoms with Crippen molar-refractivity contribution in [3.8, 4) is 5.75 Å². The van der Waals surface area contributed by atoms with E-state index in [1.54, 1.807) is 0 Å². The predicted molar refractivity (Wildman–Crippen MR) is 75.5 cm³/mol. The highest BCUT2D eigenvalue weighted by Crippen LogP contribution is 2.24. The minimum atomic E-state index is 0.194. The summed E-state index contributed by atoms with van der Waals surface area (Å²) < 4.78 is 5.86. The molecule has 1 aliphatic heterocycles. The summed E-state index contributed by atoms with van der Waals surface area (Å²) in [5.74, 6) is 0.784. The van der Waals surface area contributed by atoms with Gasteiger partial charge >= 0.3 is 0 Å². The second kappa shape index (κ2) is 6.98. The fourth-order valence-electron chi connectivity index (χ4n) is 2.12. The minimum Gasteiger partial charge on any atom is -0.489 e. The number of piperazine rings is 1. The molecule has 0 saturated carbocycles. The zero-order valence-corrected chi connectivity index (χ0v) is 11.6. The highest BCUT2D eigenvalue weighted by molar-refractivity contribution is 6.32. The molecule has 0 aromatic heterocycles. The van der Waals surface area contributed by atoms with E-state index in [2.05, 4.69) is 17.1 Å². The molecule has 1 aromatic rings. The molecule has 4 heteroatoms. The number of ether oxygens (including phenoxy) is 1. The molecular weight excluding hydrogens is 248 g/mol. The standard InChI is InChI=1S/C14H21ClN2O/c1-12(6-9-17-10-7-16-8-11-17)18-14-5-3-2-4-13(14)15/h2-5,12,16H,6-11H2,1H3. The van der Waals surface area contributed by atoms with Crippen LogP contribution in [0.3, 0.4) is 0 Å². The summed E-state index contributed by atoms with van der Waals surface area (Å²) in [5, 5.41) is 4.05. The molecule has 100 valence electrons. The number of nitrogens with one attached hydrogen (secondary N) is 1. The van der Waals surface area contributed by atoms with E-state index in [0.29, 0.717) is 5.02 Å². The molecule has 1 N–H and O–H groups in total. The van der Waals surface area contributed by atoms with Gasteiger partial charge in [-0.2, -0.15) is 0 Å². The fourth-order valence-corrected chi connectivity index (χ4v) is 2.30. The first-order valence-corrected chi connectivity index (χ1v) is 6.98. The Kier molecular flexibility index (Phi) is 5.29. The molecule has 0 radical (unpaired) electrons. The first-order chi connectivity index (χ1) is 8.75. The maximum Gasteiger partial charge on any atom is 0.138 e. The van der Waals surface area contributed by atoms with Crippen LogP contribution < -0.4 is 10.1 Å². The topological polar surface area (TPSA) is 24.5 Å². The van der Waals surface area contributed by atoms with Crippen LogP contribution >= 0.6 is 11.6 Å². The fraction of sp³-hybridized carbons (Fsp3) is 0.571. The van der Waals surface area contributed by atoms with Crippen molar-refractivity contribution in [2.24, 2.45) is 0 Å². The average Bonchev–Trinajstić information content (AvgIpc) is 2.40. The van der Waals surface area contributed by atoms with E-state index in [9.17, 15) is 0 Å². The Morgan fingerprint density at radius 2 is 2.06 bits per heavy atom. The first kappa shape index (κ1) is 13.7. The van der Waals surface area contributed by atoms with Gasteiger partial charge in [-0.25, -0.2) is 0 Å². The molecule has 2 rings (SSSR count). The van der Waals surface area contributed by atoms with Crippen LogP contribution in [0.4, 0.5) is 0 Å². The predicted octanol–water partition coefficient (Wildman–Crippen LogP) is 2.40. The van der Waals surface area contributed by atoms with E-state index in [1.807, 2.05) is 24.3 Å². The molecule has 18 heavy (non-hydrogen) atoms. The van der Waals surface area contributed by atoms with Crippen LogP contribution in [-0.2, 0) is 0 Å². The van der Waals surface area contributed by atoms with Gasteiger partial charge in [-0.15, -0.1) is 0 Å². The maximum absolute atomic E-state index is 6.07. The summed E-state index contributed by atoms with van der Waals surface area (Å²) >= 11 is 6.07. The van der Waals surface area contributed by atoms with E-state index in [-0.39, 0.29) is 6.10 Å². The van der Waals surface area contributed by atoms with Crippen molar-refractivity contribution >= 4 is 11.6 Å². The van der Waals surface area contributed by atoms with Crippen molar-refractivity contribution in [1.29, 1.82) is 0 Å². The highest BCUT2D eigenvalue weighted by atomic mass is 35.5. The second-order valence-electron chi connectivity index (χ2n) is 4.74. The lowest BCUT2D eigenvalue weighted by Gasteiger charge is -2.28. The van der Waals surface area contributed by atoms with Crippen LogP contribution in [-0.4, -0.2) is 43.7 Å². The van der Waals surface area contributed by atoms with Gasteiger partial charge in [0, 0.05) is 32.7 Å². The van der Waals surface area contributed by atoms with Crippen molar-refractivity contribution in [1.82, 2.24) is 10.2 Å². The molecule has 1 aromatic carbocycles. The molecule has 0 bridgehead atoms. The highest BCUT2D eigenvalue weighted by Gasteiger charge is 2.12.